The van der Waals surface area contributed by atoms with Crippen molar-refractivity contribution >= 4 is 12.4 Å². The van der Waals surface area contributed by atoms with Crippen molar-refractivity contribution in [2.75, 3.05) is 26.2 Å². The van der Waals surface area contributed by atoms with E-state index in [9.17, 15) is 22.8 Å². The van der Waals surface area contributed by atoms with Gasteiger partial charge in [-0.3, -0.25) is 4.90 Å². The van der Waals surface area contributed by atoms with Crippen molar-refractivity contribution in [3.8, 4) is 5.75 Å². The van der Waals surface area contributed by atoms with Crippen LogP contribution in [0.2, 0.25) is 0 Å². The first-order chi connectivity index (χ1) is 12.3. The summed E-state index contributed by atoms with van der Waals surface area (Å²) in [6.07, 6.45) is -3.86. The summed E-state index contributed by atoms with van der Waals surface area (Å²) in [4.78, 5) is 26.4. The van der Waals surface area contributed by atoms with Crippen LogP contribution in [0.5, 0.6) is 5.75 Å². The van der Waals surface area contributed by atoms with Crippen molar-refractivity contribution in [1.82, 2.24) is 9.80 Å². The Kier molecular flexibility index (Phi) is 6.84. The number of carbonyl (C=O) groups excluding carboxylic acids is 2. The van der Waals surface area contributed by atoms with E-state index >= 15 is 0 Å². The van der Waals surface area contributed by atoms with E-state index in [1.165, 1.54) is 24.3 Å². The number of rotatable bonds is 6. The van der Waals surface area contributed by atoms with E-state index in [1.807, 2.05) is 6.92 Å². The van der Waals surface area contributed by atoms with Crippen LogP contribution in [0.15, 0.2) is 24.3 Å². The number of halogens is 3. The van der Waals surface area contributed by atoms with Gasteiger partial charge in [-0.2, -0.15) is 0 Å². The van der Waals surface area contributed by atoms with Crippen LogP contribution in [0.4, 0.5) is 18.0 Å². The van der Waals surface area contributed by atoms with Gasteiger partial charge in [0, 0.05) is 38.6 Å². The predicted octanol–water partition coefficient (Wildman–Crippen LogP) is 2.82. The summed E-state index contributed by atoms with van der Waals surface area (Å²) in [6, 6.07) is 5.30. The highest BCUT2D eigenvalue weighted by atomic mass is 19.4. The molecular formula is C17H21F3N2O4. The first-order valence-corrected chi connectivity index (χ1v) is 8.22. The normalized spacial score (nSPS) is 16.8. The monoisotopic (exact) mass is 374 g/mol. The quantitative estimate of drug-likeness (QED) is 0.717. The molecule has 9 heteroatoms. The molecule has 1 unspecified atom stereocenters. The van der Waals surface area contributed by atoms with E-state index in [4.69, 9.17) is 4.74 Å². The molecule has 1 fully saturated rings. The van der Waals surface area contributed by atoms with Gasteiger partial charge in [-0.25, -0.2) is 4.79 Å². The van der Waals surface area contributed by atoms with Crippen molar-refractivity contribution in [3.05, 3.63) is 29.8 Å². The Morgan fingerprint density at radius 3 is 2.35 bits per heavy atom. The topological polar surface area (TPSA) is 59.1 Å². The summed E-state index contributed by atoms with van der Waals surface area (Å²) in [5.74, 6) is -0.326. The van der Waals surface area contributed by atoms with Gasteiger partial charge >= 0.3 is 12.5 Å². The molecule has 0 saturated carbocycles. The molecule has 1 atom stereocenters. The second-order valence-corrected chi connectivity index (χ2v) is 6.02. The van der Waals surface area contributed by atoms with E-state index in [0.29, 0.717) is 38.2 Å². The minimum atomic E-state index is -4.74. The zero-order valence-corrected chi connectivity index (χ0v) is 14.4. The molecule has 1 aliphatic heterocycles. The third-order valence-corrected chi connectivity index (χ3v) is 4.15. The van der Waals surface area contributed by atoms with Crippen molar-refractivity contribution in [1.29, 1.82) is 0 Å². The molecule has 2 rings (SSSR count). The van der Waals surface area contributed by atoms with Gasteiger partial charge in [-0.1, -0.05) is 12.1 Å². The molecule has 0 aliphatic carbocycles. The first kappa shape index (κ1) is 20.0. The van der Waals surface area contributed by atoms with Crippen molar-refractivity contribution in [3.63, 3.8) is 0 Å². The minimum absolute atomic E-state index is 0.0348. The molecule has 26 heavy (non-hydrogen) atoms. The zero-order valence-electron chi connectivity index (χ0n) is 14.4. The second-order valence-electron chi connectivity index (χ2n) is 6.02. The van der Waals surface area contributed by atoms with Gasteiger partial charge in [-0.15, -0.1) is 13.2 Å². The third kappa shape index (κ3) is 6.21. The second kappa shape index (κ2) is 8.88. The van der Waals surface area contributed by atoms with Crippen LogP contribution in [0.25, 0.3) is 0 Å². The molecule has 144 valence electrons. The van der Waals surface area contributed by atoms with E-state index in [1.54, 1.807) is 4.90 Å². The lowest BCUT2D eigenvalue weighted by atomic mass is 10.2. The molecule has 0 bridgehead atoms. The number of piperazine rings is 1. The Balaban J connectivity index is 1.76. The van der Waals surface area contributed by atoms with Crippen LogP contribution < -0.4 is 4.74 Å². The van der Waals surface area contributed by atoms with Gasteiger partial charge in [0.05, 0.1) is 0 Å². The van der Waals surface area contributed by atoms with Gasteiger partial charge < -0.3 is 19.2 Å². The maximum absolute atomic E-state index is 12.1. The average molecular weight is 374 g/mol. The maximum atomic E-state index is 12.1. The molecule has 0 aromatic heterocycles. The lowest BCUT2D eigenvalue weighted by Gasteiger charge is -2.37. The maximum Gasteiger partial charge on any atom is 0.573 e. The number of hydrogen-bond acceptors (Lipinski definition) is 5. The smallest absolute Gasteiger partial charge is 0.445 e. The van der Waals surface area contributed by atoms with Crippen LogP contribution in [-0.4, -0.2) is 60.8 Å². The highest BCUT2D eigenvalue weighted by molar-refractivity contribution is 5.67. The fourth-order valence-corrected chi connectivity index (χ4v) is 2.66. The van der Waals surface area contributed by atoms with Crippen LogP contribution in [-0.2, 0) is 16.1 Å². The Hall–Kier alpha value is -2.29. The standard InChI is InChI=1S/C17H21F3N2O4/c1-13(6-11-23)21-7-9-22(10-8-21)16(24)25-12-14-2-4-15(5-3-14)26-17(18,19)20/h2-5,11,13H,6-10,12H2,1H3. The van der Waals surface area contributed by atoms with Gasteiger partial charge in [0.1, 0.15) is 18.6 Å². The van der Waals surface area contributed by atoms with E-state index < -0.39 is 12.5 Å². The molecule has 6 nitrogen and oxygen atoms in total. The number of nitrogens with zero attached hydrogens (tertiary/aromatic N) is 2. The summed E-state index contributed by atoms with van der Waals surface area (Å²) < 4.78 is 45.3. The molecule has 0 N–H and O–H groups in total. The van der Waals surface area contributed by atoms with Crippen molar-refractivity contribution < 1.29 is 32.2 Å². The predicted molar refractivity (Wildman–Crippen MR) is 86.6 cm³/mol. The first-order valence-electron chi connectivity index (χ1n) is 8.22. The van der Waals surface area contributed by atoms with E-state index in [0.717, 1.165) is 6.29 Å². The SMILES string of the molecule is CC(CC=O)N1CCN(C(=O)OCc2ccc(OC(F)(F)F)cc2)CC1. The number of amides is 1. The minimum Gasteiger partial charge on any atom is -0.445 e. The largest absolute Gasteiger partial charge is 0.573 e. The molecular weight excluding hydrogens is 353 g/mol. The van der Waals surface area contributed by atoms with Crippen LogP contribution in [0.3, 0.4) is 0 Å². The van der Waals surface area contributed by atoms with Gasteiger partial charge in [-0.05, 0) is 24.6 Å². The Bertz CT molecular complexity index is 599. The van der Waals surface area contributed by atoms with Crippen molar-refractivity contribution in [2.45, 2.75) is 32.4 Å². The van der Waals surface area contributed by atoms with Crippen molar-refractivity contribution in [2.24, 2.45) is 0 Å². The summed E-state index contributed by atoms with van der Waals surface area (Å²) >= 11 is 0. The fourth-order valence-electron chi connectivity index (χ4n) is 2.66. The molecule has 0 spiro atoms. The number of aldehydes is 1. The summed E-state index contributed by atoms with van der Waals surface area (Å²) in [5, 5.41) is 0. The molecule has 1 saturated heterocycles. The highest BCUT2D eigenvalue weighted by Crippen LogP contribution is 2.23. The summed E-state index contributed by atoms with van der Waals surface area (Å²) in [7, 11) is 0. The van der Waals surface area contributed by atoms with Gasteiger partial charge in [0.2, 0.25) is 0 Å². The van der Waals surface area contributed by atoms with E-state index in [-0.39, 0.29) is 18.4 Å². The van der Waals surface area contributed by atoms with Crippen LogP contribution >= 0.6 is 0 Å². The summed E-state index contributed by atoms with van der Waals surface area (Å²) in [5.41, 5.74) is 0.561. The molecule has 1 aromatic rings. The Morgan fingerprint density at radius 2 is 1.81 bits per heavy atom. The summed E-state index contributed by atoms with van der Waals surface area (Å²) in [6.45, 7) is 4.25. The number of ether oxygens (including phenoxy) is 2. The molecule has 1 amide bonds. The molecule has 1 aromatic carbocycles. The molecule has 1 heterocycles. The molecule has 1 aliphatic rings. The average Bonchev–Trinajstić information content (AvgIpc) is 2.60. The number of benzene rings is 1. The molecule has 0 radical (unpaired) electrons. The number of alkyl halides is 3. The Labute approximate surface area is 149 Å². The van der Waals surface area contributed by atoms with E-state index in [2.05, 4.69) is 9.64 Å². The third-order valence-electron chi connectivity index (χ3n) is 4.15. The van der Waals surface area contributed by atoms with Crippen LogP contribution in [0, 0.1) is 0 Å². The lowest BCUT2D eigenvalue weighted by molar-refractivity contribution is -0.274. The lowest BCUT2D eigenvalue weighted by Crippen LogP contribution is -2.51. The fraction of sp³-hybridized carbons (Fsp3) is 0.529. The van der Waals surface area contributed by atoms with Crippen LogP contribution in [0.1, 0.15) is 18.9 Å². The van der Waals surface area contributed by atoms with Gasteiger partial charge in [0.15, 0.2) is 0 Å². The number of hydrogen-bond donors (Lipinski definition) is 0. The highest BCUT2D eigenvalue weighted by Gasteiger charge is 2.31. The van der Waals surface area contributed by atoms with Gasteiger partial charge in [0.25, 0.3) is 0 Å². The zero-order chi connectivity index (χ0) is 19.2. The Morgan fingerprint density at radius 1 is 1.19 bits per heavy atom. The number of carbonyl (C=O) groups is 2.